The van der Waals surface area contributed by atoms with Gasteiger partial charge in [0.25, 0.3) is 0 Å². The van der Waals surface area contributed by atoms with Crippen molar-refractivity contribution < 1.29 is 17.9 Å². The molecule has 2 aromatic rings. The Morgan fingerprint density at radius 2 is 1.96 bits per heavy atom. The summed E-state index contributed by atoms with van der Waals surface area (Å²) >= 11 is 0. The zero-order valence-corrected chi connectivity index (χ0v) is 17.3. The van der Waals surface area contributed by atoms with E-state index in [1.807, 2.05) is 19.1 Å². The summed E-state index contributed by atoms with van der Waals surface area (Å²) in [5, 5.41) is 2.88. The van der Waals surface area contributed by atoms with Gasteiger partial charge < -0.3 is 10.1 Å². The number of piperidine rings is 1. The summed E-state index contributed by atoms with van der Waals surface area (Å²) in [5.74, 6) is 0.0922. The van der Waals surface area contributed by atoms with Gasteiger partial charge in [0.2, 0.25) is 15.9 Å². The highest BCUT2D eigenvalue weighted by Gasteiger charge is 2.34. The van der Waals surface area contributed by atoms with Crippen LogP contribution in [0.1, 0.15) is 24.0 Å². The zero-order chi connectivity index (χ0) is 20.3. The molecule has 0 radical (unpaired) electrons. The number of rotatable bonds is 5. The number of ether oxygens (including phenoxy) is 1. The molecule has 3 rings (SSSR count). The van der Waals surface area contributed by atoms with Crippen LogP contribution < -0.4 is 10.1 Å². The third-order valence-electron chi connectivity index (χ3n) is 5.05. The van der Waals surface area contributed by atoms with Crippen molar-refractivity contribution in [3.05, 3.63) is 53.6 Å². The first-order chi connectivity index (χ1) is 13.3. The summed E-state index contributed by atoms with van der Waals surface area (Å²) in [6, 6.07) is 12.5. The highest BCUT2D eigenvalue weighted by Crippen LogP contribution is 2.27. The van der Waals surface area contributed by atoms with Gasteiger partial charge in [-0.3, -0.25) is 4.79 Å². The van der Waals surface area contributed by atoms with Gasteiger partial charge in [-0.1, -0.05) is 18.2 Å². The lowest BCUT2D eigenvalue weighted by atomic mass is 9.98. The standard InChI is InChI=1S/C21H26N2O4S/c1-15-9-10-16(2)20(12-15)28(25,26)23-11-5-6-17(14-23)21(24)22-18-7-4-8-19(13-18)27-3/h4,7-10,12-13,17H,5-6,11,14H2,1-3H3,(H,22,24)/t17-/m1/s1. The second-order valence-electron chi connectivity index (χ2n) is 7.19. The first kappa shape index (κ1) is 20.4. The van der Waals surface area contributed by atoms with Crippen LogP contribution in [0.25, 0.3) is 0 Å². The molecule has 1 aliphatic heterocycles. The van der Waals surface area contributed by atoms with Crippen molar-refractivity contribution in [2.24, 2.45) is 5.92 Å². The van der Waals surface area contributed by atoms with Crippen molar-refractivity contribution in [3.8, 4) is 5.75 Å². The van der Waals surface area contributed by atoms with Crippen LogP contribution >= 0.6 is 0 Å². The maximum atomic E-state index is 13.1. The molecule has 1 heterocycles. The second kappa shape index (κ2) is 8.32. The normalized spacial score (nSPS) is 17.9. The molecule has 0 aliphatic carbocycles. The number of hydrogen-bond acceptors (Lipinski definition) is 4. The lowest BCUT2D eigenvalue weighted by Crippen LogP contribution is -2.43. The number of sulfonamides is 1. The van der Waals surface area contributed by atoms with E-state index >= 15 is 0 Å². The molecular formula is C21H26N2O4S. The first-order valence-corrected chi connectivity index (χ1v) is 10.8. The third-order valence-corrected chi connectivity index (χ3v) is 7.06. The van der Waals surface area contributed by atoms with Crippen LogP contribution in [0.2, 0.25) is 0 Å². The summed E-state index contributed by atoms with van der Waals surface area (Å²) < 4.78 is 32.9. The molecule has 0 unspecified atom stereocenters. The van der Waals surface area contributed by atoms with Crippen molar-refractivity contribution in [1.29, 1.82) is 0 Å². The summed E-state index contributed by atoms with van der Waals surface area (Å²) in [6.45, 7) is 4.28. The van der Waals surface area contributed by atoms with E-state index < -0.39 is 10.0 Å². The predicted molar refractivity (Wildman–Crippen MR) is 109 cm³/mol. The maximum absolute atomic E-state index is 13.1. The molecule has 1 aliphatic rings. The van der Waals surface area contributed by atoms with Gasteiger partial charge in [-0.15, -0.1) is 0 Å². The molecule has 28 heavy (non-hydrogen) atoms. The van der Waals surface area contributed by atoms with Gasteiger partial charge in [0.1, 0.15) is 5.75 Å². The molecule has 0 aromatic heterocycles. The van der Waals surface area contributed by atoms with Crippen molar-refractivity contribution in [1.82, 2.24) is 4.31 Å². The Bertz CT molecular complexity index is 972. The fourth-order valence-electron chi connectivity index (χ4n) is 3.44. The minimum atomic E-state index is -3.63. The van der Waals surface area contributed by atoms with E-state index in [4.69, 9.17) is 4.74 Å². The number of methoxy groups -OCH3 is 1. The third kappa shape index (κ3) is 4.36. The molecule has 1 saturated heterocycles. The van der Waals surface area contributed by atoms with E-state index in [2.05, 4.69) is 5.32 Å². The van der Waals surface area contributed by atoms with E-state index in [9.17, 15) is 13.2 Å². The van der Waals surface area contributed by atoms with Crippen molar-refractivity contribution in [2.75, 3.05) is 25.5 Å². The van der Waals surface area contributed by atoms with E-state index in [0.717, 1.165) is 5.56 Å². The molecule has 0 bridgehead atoms. The lowest BCUT2D eigenvalue weighted by molar-refractivity contribution is -0.120. The predicted octanol–water partition coefficient (Wildman–Crippen LogP) is 3.35. The molecule has 1 atom stereocenters. The number of carbonyl (C=O) groups excluding carboxylic acids is 1. The molecule has 150 valence electrons. The Balaban J connectivity index is 1.76. The number of carbonyl (C=O) groups is 1. The zero-order valence-electron chi connectivity index (χ0n) is 16.4. The van der Waals surface area contributed by atoms with Crippen LogP contribution in [0.4, 0.5) is 5.69 Å². The molecule has 0 saturated carbocycles. The van der Waals surface area contributed by atoms with E-state index in [0.29, 0.717) is 41.3 Å². The van der Waals surface area contributed by atoms with Crippen LogP contribution in [0, 0.1) is 19.8 Å². The monoisotopic (exact) mass is 402 g/mol. The number of nitrogens with one attached hydrogen (secondary N) is 1. The molecule has 1 N–H and O–H groups in total. The SMILES string of the molecule is COc1cccc(NC(=O)[C@@H]2CCCN(S(=O)(=O)c3cc(C)ccc3C)C2)c1. The van der Waals surface area contributed by atoms with Crippen molar-refractivity contribution >= 4 is 21.6 Å². The Morgan fingerprint density at radius 1 is 1.18 bits per heavy atom. The minimum Gasteiger partial charge on any atom is -0.497 e. The van der Waals surface area contributed by atoms with E-state index in [1.165, 1.54) is 4.31 Å². The largest absolute Gasteiger partial charge is 0.497 e. The summed E-state index contributed by atoms with van der Waals surface area (Å²) in [6.07, 6.45) is 1.31. The number of nitrogens with zero attached hydrogens (tertiary/aromatic N) is 1. The average molecular weight is 403 g/mol. The van der Waals surface area contributed by atoms with Crippen LogP contribution in [-0.4, -0.2) is 38.8 Å². The van der Waals surface area contributed by atoms with E-state index in [1.54, 1.807) is 44.4 Å². The van der Waals surface area contributed by atoms with Crippen LogP contribution in [0.5, 0.6) is 5.75 Å². The fourth-order valence-corrected chi connectivity index (χ4v) is 5.28. The lowest BCUT2D eigenvalue weighted by Gasteiger charge is -2.31. The number of amides is 1. The number of anilines is 1. The topological polar surface area (TPSA) is 75.7 Å². The fraction of sp³-hybridized carbons (Fsp3) is 0.381. The molecule has 1 fully saturated rings. The Labute approximate surface area is 166 Å². The summed E-state index contributed by atoms with van der Waals surface area (Å²) in [5.41, 5.74) is 2.25. The van der Waals surface area contributed by atoms with Gasteiger partial charge in [-0.05, 0) is 56.0 Å². The molecule has 6 nitrogen and oxygen atoms in total. The number of aryl methyl sites for hydroxylation is 2. The van der Waals surface area contributed by atoms with Gasteiger partial charge in [-0.25, -0.2) is 8.42 Å². The van der Waals surface area contributed by atoms with Crippen molar-refractivity contribution in [2.45, 2.75) is 31.6 Å². The molecular weight excluding hydrogens is 376 g/mol. The molecule has 7 heteroatoms. The highest BCUT2D eigenvalue weighted by molar-refractivity contribution is 7.89. The first-order valence-electron chi connectivity index (χ1n) is 9.33. The second-order valence-corrected chi connectivity index (χ2v) is 9.10. The van der Waals surface area contributed by atoms with Crippen LogP contribution in [-0.2, 0) is 14.8 Å². The Hall–Kier alpha value is -2.38. The molecule has 0 spiro atoms. The van der Waals surface area contributed by atoms with E-state index in [-0.39, 0.29) is 18.4 Å². The highest BCUT2D eigenvalue weighted by atomic mass is 32.2. The Morgan fingerprint density at radius 3 is 2.71 bits per heavy atom. The Kier molecular flexibility index (Phi) is 6.05. The molecule has 2 aromatic carbocycles. The van der Waals surface area contributed by atoms with Crippen LogP contribution in [0.3, 0.4) is 0 Å². The number of benzene rings is 2. The van der Waals surface area contributed by atoms with Gasteiger partial charge in [0.05, 0.1) is 17.9 Å². The van der Waals surface area contributed by atoms with Gasteiger partial charge in [0.15, 0.2) is 0 Å². The average Bonchev–Trinajstić information content (AvgIpc) is 2.70. The summed E-state index contributed by atoms with van der Waals surface area (Å²) in [7, 11) is -2.06. The van der Waals surface area contributed by atoms with Gasteiger partial charge in [-0.2, -0.15) is 4.31 Å². The van der Waals surface area contributed by atoms with Gasteiger partial charge in [0, 0.05) is 24.8 Å². The molecule has 1 amide bonds. The summed E-state index contributed by atoms with van der Waals surface area (Å²) in [4.78, 5) is 13.0. The minimum absolute atomic E-state index is 0.172. The van der Waals surface area contributed by atoms with Crippen LogP contribution in [0.15, 0.2) is 47.4 Å². The van der Waals surface area contributed by atoms with Crippen molar-refractivity contribution in [3.63, 3.8) is 0 Å². The quantitative estimate of drug-likeness (QED) is 0.832. The number of hydrogen-bond donors (Lipinski definition) is 1. The maximum Gasteiger partial charge on any atom is 0.243 e. The smallest absolute Gasteiger partial charge is 0.243 e. The van der Waals surface area contributed by atoms with Gasteiger partial charge >= 0.3 is 0 Å².